The molecule has 0 aliphatic rings. The van der Waals surface area contributed by atoms with Gasteiger partial charge in [-0.1, -0.05) is 0 Å². The van der Waals surface area contributed by atoms with Gasteiger partial charge >= 0.3 is 0 Å². The molecule has 1 heterocycles. The first-order chi connectivity index (χ1) is 10.9. The summed E-state index contributed by atoms with van der Waals surface area (Å²) in [4.78, 5) is 4.48. The van der Waals surface area contributed by atoms with Crippen molar-refractivity contribution in [1.82, 2.24) is 9.55 Å². The van der Waals surface area contributed by atoms with Crippen molar-refractivity contribution in [1.29, 1.82) is 0 Å². The summed E-state index contributed by atoms with van der Waals surface area (Å²) in [6, 6.07) is 12.6. The Hall–Kier alpha value is -1.99. The van der Waals surface area contributed by atoms with Crippen LogP contribution < -0.4 is 0 Å². The lowest BCUT2D eigenvalue weighted by Crippen LogP contribution is -1.99. The van der Waals surface area contributed by atoms with Gasteiger partial charge in [0.05, 0.1) is 10.6 Å². The van der Waals surface area contributed by atoms with Crippen LogP contribution in [0.1, 0.15) is 0 Å². The number of imidazole rings is 1. The van der Waals surface area contributed by atoms with E-state index in [2.05, 4.69) is 20.9 Å². The van der Waals surface area contributed by atoms with Crippen molar-refractivity contribution in [2.24, 2.45) is 0 Å². The highest BCUT2D eigenvalue weighted by Crippen LogP contribution is 2.30. The number of halogens is 2. The first-order valence-corrected chi connectivity index (χ1v) is 9.34. The summed E-state index contributed by atoms with van der Waals surface area (Å²) in [6.07, 6.45) is 2.79. The van der Waals surface area contributed by atoms with E-state index >= 15 is 0 Å². The van der Waals surface area contributed by atoms with Crippen molar-refractivity contribution < 1.29 is 12.8 Å². The van der Waals surface area contributed by atoms with E-state index in [0.717, 1.165) is 16.9 Å². The molecule has 0 saturated heterocycles. The first-order valence-electron chi connectivity index (χ1n) is 6.65. The smallest absolute Gasteiger partial charge is 0.175 e. The largest absolute Gasteiger partial charge is 0.298 e. The topological polar surface area (TPSA) is 52.0 Å². The quantitative estimate of drug-likeness (QED) is 0.677. The fourth-order valence-corrected chi connectivity index (χ4v) is 3.38. The van der Waals surface area contributed by atoms with Crippen molar-refractivity contribution in [2.75, 3.05) is 6.26 Å². The second-order valence-electron chi connectivity index (χ2n) is 5.03. The third-order valence-electron chi connectivity index (χ3n) is 3.38. The van der Waals surface area contributed by atoms with Crippen LogP contribution in [0.3, 0.4) is 0 Å². The molecule has 2 aromatic carbocycles. The molecule has 0 aliphatic carbocycles. The molecule has 0 saturated carbocycles. The highest BCUT2D eigenvalue weighted by Gasteiger charge is 2.14. The van der Waals surface area contributed by atoms with Gasteiger partial charge in [-0.25, -0.2) is 17.8 Å². The predicted octanol–water partition coefficient (Wildman–Crippen LogP) is 3.84. The molecule has 0 amide bonds. The van der Waals surface area contributed by atoms with E-state index in [1.165, 1.54) is 18.4 Å². The highest BCUT2D eigenvalue weighted by atomic mass is 79.9. The third-order valence-corrected chi connectivity index (χ3v) is 5.09. The van der Waals surface area contributed by atoms with E-state index < -0.39 is 9.84 Å². The van der Waals surface area contributed by atoms with E-state index in [4.69, 9.17) is 0 Å². The molecule has 0 fully saturated rings. The van der Waals surface area contributed by atoms with Crippen molar-refractivity contribution in [3.05, 3.63) is 65.3 Å². The number of aromatic nitrogens is 2. The van der Waals surface area contributed by atoms with Crippen LogP contribution in [0.15, 0.2) is 64.4 Å². The zero-order chi connectivity index (χ0) is 16.6. The normalized spacial score (nSPS) is 11.6. The van der Waals surface area contributed by atoms with Crippen LogP contribution in [-0.2, 0) is 9.84 Å². The number of hydrogen-bond acceptors (Lipinski definition) is 3. The lowest BCUT2D eigenvalue weighted by molar-refractivity contribution is 0.602. The van der Waals surface area contributed by atoms with E-state index in [1.807, 2.05) is 4.57 Å². The summed E-state index contributed by atoms with van der Waals surface area (Å²) < 4.78 is 38.6. The maximum Gasteiger partial charge on any atom is 0.175 e. The summed E-state index contributed by atoms with van der Waals surface area (Å²) in [5.74, 6) is -0.312. The molecule has 0 N–H and O–H groups in total. The standard InChI is InChI=1S/C16H12BrFN2O2S/c1-23(21,22)14-8-6-13(7-9-14)20-10-19-16(17)15(20)11-2-4-12(18)5-3-11/h2-10H,1H3. The molecule has 0 bridgehead atoms. The lowest BCUT2D eigenvalue weighted by Gasteiger charge is -2.10. The molecular weight excluding hydrogens is 383 g/mol. The van der Waals surface area contributed by atoms with Gasteiger partial charge in [0.2, 0.25) is 0 Å². The Morgan fingerprint density at radius 3 is 2.22 bits per heavy atom. The second kappa shape index (κ2) is 5.90. The molecule has 0 radical (unpaired) electrons. The van der Waals surface area contributed by atoms with Crippen LogP contribution in [0, 0.1) is 5.82 Å². The molecule has 4 nitrogen and oxygen atoms in total. The van der Waals surface area contributed by atoms with Gasteiger partial charge in [0.1, 0.15) is 16.7 Å². The number of sulfone groups is 1. The van der Waals surface area contributed by atoms with Crippen LogP contribution in [0.5, 0.6) is 0 Å². The molecule has 7 heteroatoms. The van der Waals surface area contributed by atoms with E-state index in [-0.39, 0.29) is 10.7 Å². The summed E-state index contributed by atoms with van der Waals surface area (Å²) >= 11 is 3.39. The van der Waals surface area contributed by atoms with Crippen molar-refractivity contribution in [3.8, 4) is 16.9 Å². The second-order valence-corrected chi connectivity index (χ2v) is 7.79. The number of rotatable bonds is 3. The predicted molar refractivity (Wildman–Crippen MR) is 89.8 cm³/mol. The van der Waals surface area contributed by atoms with Gasteiger partial charge in [0.25, 0.3) is 0 Å². The molecule has 118 valence electrons. The molecule has 3 rings (SSSR count). The zero-order valence-electron chi connectivity index (χ0n) is 12.1. The third kappa shape index (κ3) is 3.20. The minimum atomic E-state index is -3.24. The summed E-state index contributed by atoms with van der Waals surface area (Å²) in [6.45, 7) is 0. The van der Waals surface area contributed by atoms with Gasteiger partial charge in [-0.2, -0.15) is 0 Å². The van der Waals surface area contributed by atoms with Gasteiger partial charge < -0.3 is 0 Å². The zero-order valence-corrected chi connectivity index (χ0v) is 14.5. The monoisotopic (exact) mass is 394 g/mol. The summed E-state index contributed by atoms with van der Waals surface area (Å²) in [5, 5.41) is 0. The molecule has 0 aliphatic heterocycles. The maximum atomic E-state index is 13.1. The minimum Gasteiger partial charge on any atom is -0.298 e. The molecular formula is C16H12BrFN2O2S. The maximum absolute atomic E-state index is 13.1. The molecule has 0 atom stereocenters. The van der Waals surface area contributed by atoms with Crippen LogP contribution in [0.25, 0.3) is 16.9 Å². The Morgan fingerprint density at radius 1 is 1.04 bits per heavy atom. The van der Waals surface area contributed by atoms with Crippen molar-refractivity contribution in [3.63, 3.8) is 0 Å². The average molecular weight is 395 g/mol. The van der Waals surface area contributed by atoms with Crippen LogP contribution >= 0.6 is 15.9 Å². The van der Waals surface area contributed by atoms with Gasteiger partial charge in [-0.15, -0.1) is 0 Å². The van der Waals surface area contributed by atoms with Crippen LogP contribution in [-0.4, -0.2) is 24.2 Å². The van der Waals surface area contributed by atoms with Gasteiger partial charge in [0.15, 0.2) is 9.84 Å². The SMILES string of the molecule is CS(=O)(=O)c1ccc(-n2cnc(Br)c2-c2ccc(F)cc2)cc1. The Morgan fingerprint density at radius 2 is 1.65 bits per heavy atom. The van der Waals surface area contributed by atoms with Crippen molar-refractivity contribution >= 4 is 25.8 Å². The van der Waals surface area contributed by atoms with Crippen molar-refractivity contribution in [2.45, 2.75) is 4.90 Å². The molecule has 3 aromatic rings. The first kappa shape index (κ1) is 15.9. The fourth-order valence-electron chi connectivity index (χ4n) is 2.24. The van der Waals surface area contributed by atoms with Crippen LogP contribution in [0.4, 0.5) is 4.39 Å². The van der Waals surface area contributed by atoms with Gasteiger partial charge in [-0.05, 0) is 64.5 Å². The lowest BCUT2D eigenvalue weighted by atomic mass is 10.1. The summed E-state index contributed by atoms with van der Waals surface area (Å²) in [7, 11) is -3.24. The minimum absolute atomic E-state index is 0.253. The Kier molecular flexibility index (Phi) is 4.08. The molecule has 0 spiro atoms. The van der Waals surface area contributed by atoms with E-state index in [0.29, 0.717) is 4.60 Å². The highest BCUT2D eigenvalue weighted by molar-refractivity contribution is 9.10. The number of nitrogens with zero attached hydrogens (tertiary/aromatic N) is 2. The molecule has 23 heavy (non-hydrogen) atoms. The fraction of sp³-hybridized carbons (Fsp3) is 0.0625. The number of benzene rings is 2. The van der Waals surface area contributed by atoms with Crippen LogP contribution in [0.2, 0.25) is 0 Å². The molecule has 1 aromatic heterocycles. The Labute approximate surface area is 141 Å². The van der Waals surface area contributed by atoms with Gasteiger partial charge in [-0.3, -0.25) is 4.57 Å². The Bertz CT molecular complexity index is 949. The Balaban J connectivity index is 2.10. The van der Waals surface area contributed by atoms with Gasteiger partial charge in [0, 0.05) is 17.5 Å². The average Bonchev–Trinajstić information content (AvgIpc) is 2.89. The summed E-state index contributed by atoms with van der Waals surface area (Å²) in [5.41, 5.74) is 2.31. The molecule has 0 unspecified atom stereocenters. The van der Waals surface area contributed by atoms with E-state index in [9.17, 15) is 12.8 Å². The number of hydrogen-bond donors (Lipinski definition) is 0. The van der Waals surface area contributed by atoms with E-state index in [1.54, 1.807) is 42.7 Å².